The number of carbonyl (C=O) groups is 2. The average Bonchev–Trinajstić information content (AvgIpc) is 2.97. The lowest BCUT2D eigenvalue weighted by atomic mass is 10.1. The molecule has 1 aliphatic rings. The Morgan fingerprint density at radius 1 is 1.12 bits per heavy atom. The molecular formula is C18H24N4O2. The summed E-state index contributed by atoms with van der Waals surface area (Å²) in [5.41, 5.74) is 2.08. The summed E-state index contributed by atoms with van der Waals surface area (Å²) in [4.78, 5) is 31.4. The summed E-state index contributed by atoms with van der Waals surface area (Å²) in [5, 5.41) is 3.99. The zero-order valence-corrected chi connectivity index (χ0v) is 14.2. The van der Waals surface area contributed by atoms with E-state index < -0.39 is 0 Å². The number of hydrogen-bond acceptors (Lipinski definition) is 2. The quantitative estimate of drug-likeness (QED) is 0.904. The number of para-hydroxylation sites is 1. The molecular weight excluding hydrogens is 304 g/mol. The van der Waals surface area contributed by atoms with Gasteiger partial charge >= 0.3 is 6.03 Å². The SMILES string of the molecule is CC(C)NC(=O)N1CCN(C(=O)Cc2c[nH]c3ccccc23)CC1. The van der Waals surface area contributed by atoms with E-state index in [-0.39, 0.29) is 18.0 Å². The zero-order valence-electron chi connectivity index (χ0n) is 14.2. The van der Waals surface area contributed by atoms with Crippen LogP contribution in [0.5, 0.6) is 0 Å². The molecule has 128 valence electrons. The number of hydrogen-bond donors (Lipinski definition) is 2. The van der Waals surface area contributed by atoms with Crippen LogP contribution in [-0.2, 0) is 11.2 Å². The van der Waals surface area contributed by atoms with Crippen LogP contribution in [0, 0.1) is 0 Å². The third kappa shape index (κ3) is 3.53. The van der Waals surface area contributed by atoms with Crippen LogP contribution in [0.1, 0.15) is 19.4 Å². The van der Waals surface area contributed by atoms with Gasteiger partial charge in [-0.15, -0.1) is 0 Å². The normalized spacial score (nSPS) is 15.1. The number of amides is 3. The summed E-state index contributed by atoms with van der Waals surface area (Å²) < 4.78 is 0. The van der Waals surface area contributed by atoms with Crippen molar-refractivity contribution in [2.75, 3.05) is 26.2 Å². The molecule has 3 amide bonds. The van der Waals surface area contributed by atoms with Crippen molar-refractivity contribution in [3.8, 4) is 0 Å². The van der Waals surface area contributed by atoms with E-state index in [0.717, 1.165) is 16.5 Å². The van der Waals surface area contributed by atoms with Gasteiger partial charge in [0.25, 0.3) is 0 Å². The van der Waals surface area contributed by atoms with Gasteiger partial charge in [-0.3, -0.25) is 4.79 Å². The topological polar surface area (TPSA) is 68.4 Å². The van der Waals surface area contributed by atoms with E-state index >= 15 is 0 Å². The Kier molecular flexibility index (Phi) is 4.74. The van der Waals surface area contributed by atoms with E-state index in [1.807, 2.05) is 49.2 Å². The second kappa shape index (κ2) is 6.95. The van der Waals surface area contributed by atoms with Crippen molar-refractivity contribution >= 4 is 22.8 Å². The first-order chi connectivity index (χ1) is 11.5. The van der Waals surface area contributed by atoms with E-state index in [1.165, 1.54) is 0 Å². The van der Waals surface area contributed by atoms with Gasteiger partial charge in [0.05, 0.1) is 6.42 Å². The lowest BCUT2D eigenvalue weighted by Gasteiger charge is -2.35. The lowest BCUT2D eigenvalue weighted by Crippen LogP contribution is -2.54. The van der Waals surface area contributed by atoms with Crippen LogP contribution < -0.4 is 5.32 Å². The molecule has 0 unspecified atom stereocenters. The number of piperazine rings is 1. The van der Waals surface area contributed by atoms with Crippen LogP contribution in [0.4, 0.5) is 4.79 Å². The van der Waals surface area contributed by atoms with Gasteiger partial charge < -0.3 is 20.1 Å². The first-order valence-electron chi connectivity index (χ1n) is 8.43. The van der Waals surface area contributed by atoms with Gasteiger partial charge in [0.15, 0.2) is 0 Å². The summed E-state index contributed by atoms with van der Waals surface area (Å²) in [5.74, 6) is 0.115. The highest BCUT2D eigenvalue weighted by molar-refractivity contribution is 5.89. The van der Waals surface area contributed by atoms with Gasteiger partial charge in [-0.25, -0.2) is 4.79 Å². The third-order valence-electron chi connectivity index (χ3n) is 4.35. The molecule has 2 N–H and O–H groups in total. The lowest BCUT2D eigenvalue weighted by molar-refractivity contribution is -0.131. The molecule has 1 saturated heterocycles. The largest absolute Gasteiger partial charge is 0.361 e. The Labute approximate surface area is 141 Å². The van der Waals surface area contributed by atoms with Crippen LogP contribution in [0.3, 0.4) is 0 Å². The van der Waals surface area contributed by atoms with Crippen molar-refractivity contribution in [1.29, 1.82) is 0 Å². The minimum absolute atomic E-state index is 0.0475. The summed E-state index contributed by atoms with van der Waals surface area (Å²) in [6, 6.07) is 8.08. The van der Waals surface area contributed by atoms with E-state index in [9.17, 15) is 9.59 Å². The molecule has 0 spiro atoms. The molecule has 6 nitrogen and oxygen atoms in total. The molecule has 0 radical (unpaired) electrons. The van der Waals surface area contributed by atoms with E-state index in [2.05, 4.69) is 10.3 Å². The average molecular weight is 328 g/mol. The molecule has 1 fully saturated rings. The smallest absolute Gasteiger partial charge is 0.317 e. The fraction of sp³-hybridized carbons (Fsp3) is 0.444. The number of fused-ring (bicyclic) bond motifs is 1. The van der Waals surface area contributed by atoms with Crippen molar-refractivity contribution in [1.82, 2.24) is 20.1 Å². The van der Waals surface area contributed by atoms with Gasteiger partial charge in [-0.2, -0.15) is 0 Å². The Balaban J connectivity index is 1.57. The molecule has 0 saturated carbocycles. The maximum atomic E-state index is 12.6. The Hall–Kier alpha value is -2.50. The predicted octanol–water partition coefficient (Wildman–Crippen LogP) is 1.97. The van der Waals surface area contributed by atoms with E-state index in [4.69, 9.17) is 0 Å². The molecule has 24 heavy (non-hydrogen) atoms. The van der Waals surface area contributed by atoms with Crippen LogP contribution in [0.25, 0.3) is 10.9 Å². The molecule has 0 aliphatic carbocycles. The Morgan fingerprint density at radius 2 is 1.79 bits per heavy atom. The fourth-order valence-electron chi connectivity index (χ4n) is 3.05. The molecule has 1 aliphatic heterocycles. The molecule has 3 rings (SSSR count). The Morgan fingerprint density at radius 3 is 2.50 bits per heavy atom. The summed E-state index contributed by atoms with van der Waals surface area (Å²) in [6.45, 7) is 6.23. The number of benzene rings is 1. The molecule has 2 heterocycles. The van der Waals surface area contributed by atoms with Crippen LogP contribution in [-0.4, -0.2) is 58.9 Å². The standard InChI is InChI=1S/C18H24N4O2/c1-13(2)20-18(24)22-9-7-21(8-10-22)17(23)11-14-12-19-16-6-4-3-5-15(14)16/h3-6,12-13,19H,7-11H2,1-2H3,(H,20,24). The highest BCUT2D eigenvalue weighted by Gasteiger charge is 2.24. The van der Waals surface area contributed by atoms with Gasteiger partial charge in [-0.1, -0.05) is 18.2 Å². The zero-order chi connectivity index (χ0) is 17.1. The maximum absolute atomic E-state index is 12.6. The van der Waals surface area contributed by atoms with Crippen molar-refractivity contribution in [3.63, 3.8) is 0 Å². The second-order valence-corrected chi connectivity index (χ2v) is 6.51. The van der Waals surface area contributed by atoms with Gasteiger partial charge in [0.1, 0.15) is 0 Å². The minimum atomic E-state index is -0.0475. The number of nitrogens with zero attached hydrogens (tertiary/aromatic N) is 2. The summed E-state index contributed by atoms with van der Waals surface area (Å²) >= 11 is 0. The summed E-state index contributed by atoms with van der Waals surface area (Å²) in [6.07, 6.45) is 2.30. The first-order valence-corrected chi connectivity index (χ1v) is 8.43. The predicted molar refractivity (Wildman–Crippen MR) is 93.8 cm³/mol. The van der Waals surface area contributed by atoms with Crippen LogP contribution in [0.2, 0.25) is 0 Å². The highest BCUT2D eigenvalue weighted by atomic mass is 16.2. The van der Waals surface area contributed by atoms with Crippen molar-refractivity contribution in [2.45, 2.75) is 26.3 Å². The number of urea groups is 1. The Bertz CT molecular complexity index is 729. The maximum Gasteiger partial charge on any atom is 0.317 e. The van der Waals surface area contributed by atoms with Gasteiger partial charge in [-0.05, 0) is 25.5 Å². The molecule has 0 atom stereocenters. The van der Waals surface area contributed by atoms with Crippen LogP contribution >= 0.6 is 0 Å². The van der Waals surface area contributed by atoms with Gasteiger partial charge in [0, 0.05) is 49.3 Å². The molecule has 0 bridgehead atoms. The first kappa shape index (κ1) is 16.4. The number of rotatable bonds is 3. The number of H-pyrrole nitrogens is 1. The number of aromatic nitrogens is 1. The van der Waals surface area contributed by atoms with Gasteiger partial charge in [0.2, 0.25) is 5.91 Å². The van der Waals surface area contributed by atoms with Crippen LogP contribution in [0.15, 0.2) is 30.5 Å². The van der Waals surface area contributed by atoms with Crippen molar-refractivity contribution in [3.05, 3.63) is 36.0 Å². The number of carbonyl (C=O) groups excluding carboxylic acids is 2. The van der Waals surface area contributed by atoms with Crippen molar-refractivity contribution < 1.29 is 9.59 Å². The number of aromatic amines is 1. The molecule has 1 aromatic carbocycles. The van der Waals surface area contributed by atoms with E-state index in [0.29, 0.717) is 32.6 Å². The van der Waals surface area contributed by atoms with E-state index in [1.54, 1.807) is 4.90 Å². The summed E-state index contributed by atoms with van der Waals surface area (Å²) in [7, 11) is 0. The van der Waals surface area contributed by atoms with Crippen molar-refractivity contribution in [2.24, 2.45) is 0 Å². The number of nitrogens with one attached hydrogen (secondary N) is 2. The monoisotopic (exact) mass is 328 g/mol. The third-order valence-corrected chi connectivity index (χ3v) is 4.35. The highest BCUT2D eigenvalue weighted by Crippen LogP contribution is 2.19. The molecule has 1 aromatic heterocycles. The molecule has 6 heteroatoms. The fourth-order valence-corrected chi connectivity index (χ4v) is 3.05. The molecule has 2 aromatic rings. The minimum Gasteiger partial charge on any atom is -0.361 e. The second-order valence-electron chi connectivity index (χ2n) is 6.51.